The van der Waals surface area contributed by atoms with Gasteiger partial charge in [0.25, 0.3) is 5.91 Å². The highest BCUT2D eigenvalue weighted by Crippen LogP contribution is 2.22. The monoisotopic (exact) mass is 266 g/mol. The van der Waals surface area contributed by atoms with Gasteiger partial charge in [-0.1, -0.05) is 6.92 Å². The number of hydrogen-bond acceptors (Lipinski definition) is 3. The third kappa shape index (κ3) is 2.45. The van der Waals surface area contributed by atoms with E-state index in [4.69, 9.17) is 0 Å². The van der Waals surface area contributed by atoms with Crippen molar-refractivity contribution in [3.8, 4) is 0 Å². The van der Waals surface area contributed by atoms with Crippen LogP contribution in [0.3, 0.4) is 0 Å². The van der Waals surface area contributed by atoms with Crippen LogP contribution in [0.4, 0.5) is 0 Å². The summed E-state index contributed by atoms with van der Waals surface area (Å²) in [5.74, 6) is 0.206. The molecule has 1 aromatic rings. The zero-order valence-electron chi connectivity index (χ0n) is 11.6. The maximum absolute atomic E-state index is 12.6. The van der Waals surface area contributed by atoms with Crippen molar-refractivity contribution in [1.82, 2.24) is 9.80 Å². The number of likely N-dealkylation sites (N-methyl/N-ethyl adjacent to an activating group) is 1. The highest BCUT2D eigenvalue weighted by Gasteiger charge is 2.32. The minimum absolute atomic E-state index is 0.206. The molecular weight excluding hydrogens is 244 g/mol. The Morgan fingerprint density at radius 1 is 1.39 bits per heavy atom. The van der Waals surface area contributed by atoms with Gasteiger partial charge in [0.05, 0.1) is 4.88 Å². The molecule has 4 heteroatoms. The van der Waals surface area contributed by atoms with Crippen molar-refractivity contribution in [3.05, 3.63) is 21.9 Å². The van der Waals surface area contributed by atoms with Crippen LogP contribution in [0.15, 0.2) is 11.4 Å². The standard InChI is InChI=1S/C14H22N2OS/c1-5-15-8-12(4)16(9-11(15)3)14(17)13-10(2)6-7-18-13/h6-7,11-12H,5,8-9H2,1-4H3/t11-,12+/m1/s1. The number of nitrogens with zero attached hydrogens (tertiary/aromatic N) is 2. The summed E-state index contributed by atoms with van der Waals surface area (Å²) >= 11 is 1.56. The maximum Gasteiger partial charge on any atom is 0.264 e. The van der Waals surface area contributed by atoms with Crippen molar-refractivity contribution in [3.63, 3.8) is 0 Å². The summed E-state index contributed by atoms with van der Waals surface area (Å²) in [6.45, 7) is 11.4. The lowest BCUT2D eigenvalue weighted by atomic mass is 10.1. The van der Waals surface area contributed by atoms with Gasteiger partial charge in [-0.2, -0.15) is 0 Å². The highest BCUT2D eigenvalue weighted by atomic mass is 32.1. The van der Waals surface area contributed by atoms with E-state index in [-0.39, 0.29) is 5.91 Å². The molecule has 0 aliphatic carbocycles. The second-order valence-electron chi connectivity index (χ2n) is 5.18. The normalized spacial score (nSPS) is 25.4. The van der Waals surface area contributed by atoms with Crippen molar-refractivity contribution in [2.24, 2.45) is 0 Å². The number of carbonyl (C=O) groups is 1. The molecule has 0 saturated carbocycles. The Hall–Kier alpha value is -0.870. The molecule has 0 aromatic carbocycles. The van der Waals surface area contributed by atoms with E-state index in [0.29, 0.717) is 12.1 Å². The quantitative estimate of drug-likeness (QED) is 0.821. The van der Waals surface area contributed by atoms with Gasteiger partial charge in [-0.3, -0.25) is 9.69 Å². The molecule has 1 fully saturated rings. The van der Waals surface area contributed by atoms with E-state index in [1.165, 1.54) is 0 Å². The fourth-order valence-electron chi connectivity index (χ4n) is 2.64. The summed E-state index contributed by atoms with van der Waals surface area (Å²) < 4.78 is 0. The van der Waals surface area contributed by atoms with Crippen molar-refractivity contribution in [1.29, 1.82) is 0 Å². The molecule has 1 aliphatic rings. The van der Waals surface area contributed by atoms with Gasteiger partial charge in [0.2, 0.25) is 0 Å². The molecule has 100 valence electrons. The van der Waals surface area contributed by atoms with Crippen LogP contribution >= 0.6 is 11.3 Å². The predicted octanol–water partition coefficient (Wildman–Crippen LogP) is 2.61. The third-order valence-corrected chi connectivity index (χ3v) is 4.84. The van der Waals surface area contributed by atoms with Gasteiger partial charge in [0.15, 0.2) is 0 Å². The summed E-state index contributed by atoms with van der Waals surface area (Å²) in [6.07, 6.45) is 0. The minimum Gasteiger partial charge on any atom is -0.332 e. The molecule has 2 atom stereocenters. The second-order valence-corrected chi connectivity index (χ2v) is 6.09. The van der Waals surface area contributed by atoms with E-state index >= 15 is 0 Å². The van der Waals surface area contributed by atoms with Crippen LogP contribution in [0.2, 0.25) is 0 Å². The van der Waals surface area contributed by atoms with Crippen molar-refractivity contribution < 1.29 is 4.79 Å². The Morgan fingerprint density at radius 3 is 2.67 bits per heavy atom. The topological polar surface area (TPSA) is 23.6 Å². The lowest BCUT2D eigenvalue weighted by Gasteiger charge is -2.43. The summed E-state index contributed by atoms with van der Waals surface area (Å²) in [5, 5.41) is 2.00. The Morgan fingerprint density at radius 2 is 2.11 bits per heavy atom. The summed E-state index contributed by atoms with van der Waals surface area (Å²) in [5.41, 5.74) is 1.10. The SMILES string of the molecule is CCN1C[C@H](C)N(C(=O)c2sccc2C)C[C@H]1C. The van der Waals surface area contributed by atoms with Gasteiger partial charge >= 0.3 is 0 Å². The molecule has 3 nitrogen and oxygen atoms in total. The van der Waals surface area contributed by atoms with Crippen LogP contribution in [0.25, 0.3) is 0 Å². The predicted molar refractivity (Wildman–Crippen MR) is 76.3 cm³/mol. The van der Waals surface area contributed by atoms with Crippen LogP contribution in [0.5, 0.6) is 0 Å². The first-order valence-corrected chi connectivity index (χ1v) is 7.51. The fraction of sp³-hybridized carbons (Fsp3) is 0.643. The number of rotatable bonds is 2. The molecule has 1 saturated heterocycles. The number of carbonyl (C=O) groups excluding carboxylic acids is 1. The molecule has 2 heterocycles. The Bertz CT molecular complexity index is 429. The fourth-order valence-corrected chi connectivity index (χ4v) is 3.52. The Labute approximate surface area is 113 Å². The van der Waals surface area contributed by atoms with Gasteiger partial charge in [-0.05, 0) is 44.3 Å². The molecule has 0 bridgehead atoms. The van der Waals surface area contributed by atoms with Crippen molar-refractivity contribution >= 4 is 17.2 Å². The van der Waals surface area contributed by atoms with Crippen molar-refractivity contribution in [2.45, 2.75) is 39.8 Å². The summed E-state index contributed by atoms with van der Waals surface area (Å²) in [4.78, 5) is 17.9. The lowest BCUT2D eigenvalue weighted by molar-refractivity contribution is 0.0339. The van der Waals surface area contributed by atoms with Crippen molar-refractivity contribution in [2.75, 3.05) is 19.6 Å². The molecule has 2 rings (SSSR count). The first-order valence-electron chi connectivity index (χ1n) is 6.63. The Balaban J connectivity index is 2.14. The van der Waals surface area contributed by atoms with E-state index in [9.17, 15) is 4.79 Å². The maximum atomic E-state index is 12.6. The Kier molecular flexibility index (Phi) is 4.07. The molecular formula is C14H22N2OS. The molecule has 0 unspecified atom stereocenters. The van der Waals surface area contributed by atoms with Gasteiger partial charge in [-0.25, -0.2) is 0 Å². The first kappa shape index (κ1) is 13.6. The molecule has 18 heavy (non-hydrogen) atoms. The van der Waals surface area contributed by atoms with Crippen LogP contribution in [0, 0.1) is 6.92 Å². The minimum atomic E-state index is 0.206. The van der Waals surface area contributed by atoms with E-state index in [2.05, 4.69) is 25.7 Å². The number of hydrogen-bond donors (Lipinski definition) is 0. The lowest BCUT2D eigenvalue weighted by Crippen LogP contribution is -2.57. The third-order valence-electron chi connectivity index (χ3n) is 3.84. The average Bonchev–Trinajstić information content (AvgIpc) is 2.77. The average molecular weight is 266 g/mol. The number of piperazine rings is 1. The zero-order valence-corrected chi connectivity index (χ0v) is 12.5. The number of aryl methyl sites for hydroxylation is 1. The van der Waals surface area contributed by atoms with Crippen LogP contribution < -0.4 is 0 Å². The van der Waals surface area contributed by atoms with Gasteiger partial charge in [0.1, 0.15) is 0 Å². The van der Waals surface area contributed by atoms with Crippen LogP contribution in [-0.4, -0.2) is 47.4 Å². The molecule has 0 N–H and O–H groups in total. The summed E-state index contributed by atoms with van der Waals surface area (Å²) in [6, 6.07) is 2.78. The second kappa shape index (κ2) is 5.41. The number of amides is 1. The molecule has 1 aliphatic heterocycles. The van der Waals surface area contributed by atoms with E-state index in [0.717, 1.165) is 30.1 Å². The smallest absolute Gasteiger partial charge is 0.264 e. The van der Waals surface area contributed by atoms with Gasteiger partial charge in [-0.15, -0.1) is 11.3 Å². The zero-order chi connectivity index (χ0) is 13.3. The molecule has 0 radical (unpaired) electrons. The van der Waals surface area contributed by atoms with E-state index < -0.39 is 0 Å². The summed E-state index contributed by atoms with van der Waals surface area (Å²) in [7, 11) is 0. The highest BCUT2D eigenvalue weighted by molar-refractivity contribution is 7.12. The first-order chi connectivity index (χ1) is 8.54. The molecule has 1 amide bonds. The number of thiophene rings is 1. The van der Waals surface area contributed by atoms with Crippen LogP contribution in [0.1, 0.15) is 36.0 Å². The van der Waals surface area contributed by atoms with Gasteiger partial charge in [0, 0.05) is 25.2 Å². The molecule has 1 aromatic heterocycles. The van der Waals surface area contributed by atoms with Gasteiger partial charge < -0.3 is 4.90 Å². The molecule has 0 spiro atoms. The van der Waals surface area contributed by atoms with Crippen LogP contribution in [-0.2, 0) is 0 Å². The van der Waals surface area contributed by atoms with E-state index in [1.807, 2.05) is 23.3 Å². The largest absolute Gasteiger partial charge is 0.332 e. The van der Waals surface area contributed by atoms with E-state index in [1.54, 1.807) is 11.3 Å².